The lowest BCUT2D eigenvalue weighted by atomic mass is 10.1. The number of rotatable bonds is 6. The van der Waals surface area contributed by atoms with E-state index >= 15 is 0 Å². The minimum Gasteiger partial charge on any atom is -0.313 e. The van der Waals surface area contributed by atoms with Crippen LogP contribution >= 0.6 is 11.8 Å². The number of hydrogen-bond donors (Lipinski definition) is 1. The minimum absolute atomic E-state index is 0.0418. The van der Waals surface area contributed by atoms with Gasteiger partial charge in [0.1, 0.15) is 0 Å². The van der Waals surface area contributed by atoms with E-state index in [1.807, 2.05) is 31.2 Å². The SMILES string of the molecule is Cc1ccc(CNCCCSC(F)(F)F)cc1. The maximum Gasteiger partial charge on any atom is 0.441 e. The molecule has 0 aliphatic heterocycles. The van der Waals surface area contributed by atoms with Gasteiger partial charge >= 0.3 is 5.51 Å². The van der Waals surface area contributed by atoms with Crippen molar-refractivity contribution in [2.75, 3.05) is 12.3 Å². The predicted octanol–water partition coefficient (Wildman–Crippen LogP) is 3.73. The van der Waals surface area contributed by atoms with Gasteiger partial charge < -0.3 is 5.32 Å². The average Bonchev–Trinajstić information content (AvgIpc) is 2.24. The quantitative estimate of drug-likeness (QED) is 0.785. The van der Waals surface area contributed by atoms with Gasteiger partial charge in [-0.1, -0.05) is 41.6 Å². The van der Waals surface area contributed by atoms with Gasteiger partial charge in [0.25, 0.3) is 0 Å². The molecule has 1 aromatic carbocycles. The van der Waals surface area contributed by atoms with Crippen LogP contribution in [-0.4, -0.2) is 17.8 Å². The Morgan fingerprint density at radius 3 is 2.41 bits per heavy atom. The summed E-state index contributed by atoms with van der Waals surface area (Å²) in [6.45, 7) is 3.33. The minimum atomic E-state index is -4.10. The van der Waals surface area contributed by atoms with E-state index in [0.717, 1.165) is 5.56 Å². The smallest absolute Gasteiger partial charge is 0.313 e. The molecule has 1 nitrogen and oxygen atoms in total. The Morgan fingerprint density at radius 2 is 1.82 bits per heavy atom. The summed E-state index contributed by atoms with van der Waals surface area (Å²) in [4.78, 5) is 0. The van der Waals surface area contributed by atoms with Crippen LogP contribution in [0.3, 0.4) is 0 Å². The maximum atomic E-state index is 11.8. The van der Waals surface area contributed by atoms with Crippen LogP contribution < -0.4 is 5.32 Å². The standard InChI is InChI=1S/C12H16F3NS/c1-10-3-5-11(6-4-10)9-16-7-2-8-17-12(13,14)15/h3-6,16H,2,7-9H2,1H3. The van der Waals surface area contributed by atoms with E-state index in [-0.39, 0.29) is 17.5 Å². The third-order valence-corrected chi connectivity index (χ3v) is 3.03. The van der Waals surface area contributed by atoms with Gasteiger partial charge in [0.15, 0.2) is 0 Å². The van der Waals surface area contributed by atoms with Gasteiger partial charge in [-0.25, -0.2) is 0 Å². The number of benzene rings is 1. The molecule has 0 fully saturated rings. The highest BCUT2D eigenvalue weighted by atomic mass is 32.2. The molecule has 96 valence electrons. The second-order valence-electron chi connectivity index (χ2n) is 3.81. The van der Waals surface area contributed by atoms with Gasteiger partial charge in [0.2, 0.25) is 0 Å². The van der Waals surface area contributed by atoms with E-state index in [0.29, 0.717) is 19.5 Å². The highest BCUT2D eigenvalue weighted by Gasteiger charge is 2.27. The van der Waals surface area contributed by atoms with Crippen LogP contribution in [0.5, 0.6) is 0 Å². The van der Waals surface area contributed by atoms with E-state index in [2.05, 4.69) is 5.32 Å². The molecule has 0 radical (unpaired) electrons. The van der Waals surface area contributed by atoms with Gasteiger partial charge in [-0.05, 0) is 25.5 Å². The molecule has 1 aromatic rings. The fraction of sp³-hybridized carbons (Fsp3) is 0.500. The Labute approximate surface area is 104 Å². The molecular weight excluding hydrogens is 247 g/mol. The number of thioether (sulfide) groups is 1. The van der Waals surface area contributed by atoms with Gasteiger partial charge in [0.05, 0.1) is 0 Å². The van der Waals surface area contributed by atoms with Gasteiger partial charge in [-0.3, -0.25) is 0 Å². The van der Waals surface area contributed by atoms with Crippen molar-refractivity contribution in [3.63, 3.8) is 0 Å². The van der Waals surface area contributed by atoms with E-state index in [4.69, 9.17) is 0 Å². The normalized spacial score (nSPS) is 11.8. The van der Waals surface area contributed by atoms with E-state index < -0.39 is 5.51 Å². The van der Waals surface area contributed by atoms with Crippen molar-refractivity contribution < 1.29 is 13.2 Å². The molecule has 0 unspecified atom stereocenters. The molecule has 0 saturated carbocycles. The van der Waals surface area contributed by atoms with Crippen molar-refractivity contribution in [1.29, 1.82) is 0 Å². The zero-order chi connectivity index (χ0) is 12.7. The maximum absolute atomic E-state index is 11.8. The number of hydrogen-bond acceptors (Lipinski definition) is 2. The molecule has 17 heavy (non-hydrogen) atoms. The molecule has 5 heteroatoms. The van der Waals surface area contributed by atoms with Crippen molar-refractivity contribution >= 4 is 11.8 Å². The molecule has 0 aliphatic carbocycles. The number of halogens is 3. The first-order chi connectivity index (χ1) is 7.97. The third kappa shape index (κ3) is 7.28. The first-order valence-corrected chi connectivity index (χ1v) is 6.43. The summed E-state index contributed by atoms with van der Waals surface area (Å²) < 4.78 is 35.4. The molecule has 0 bridgehead atoms. The number of alkyl halides is 3. The molecule has 0 heterocycles. The first-order valence-electron chi connectivity index (χ1n) is 5.44. The van der Waals surface area contributed by atoms with E-state index in [9.17, 15) is 13.2 Å². The van der Waals surface area contributed by atoms with Crippen LogP contribution in [0, 0.1) is 6.92 Å². The average molecular weight is 263 g/mol. The van der Waals surface area contributed by atoms with E-state index in [1.54, 1.807) is 0 Å². The fourth-order valence-corrected chi connectivity index (χ4v) is 1.84. The molecule has 0 amide bonds. The molecule has 0 atom stereocenters. The first kappa shape index (κ1) is 14.4. The summed E-state index contributed by atoms with van der Waals surface area (Å²) in [6, 6.07) is 8.09. The Hall–Kier alpha value is -0.680. The van der Waals surface area contributed by atoms with Crippen molar-refractivity contribution in [2.24, 2.45) is 0 Å². The lowest BCUT2D eigenvalue weighted by Gasteiger charge is -2.07. The summed E-state index contributed by atoms with van der Waals surface area (Å²) in [5, 5.41) is 3.13. The molecular formula is C12H16F3NS. The van der Waals surface area contributed by atoms with Gasteiger partial charge in [-0.2, -0.15) is 13.2 Å². The summed E-state index contributed by atoms with van der Waals surface area (Å²) in [5.41, 5.74) is -1.74. The second-order valence-corrected chi connectivity index (χ2v) is 4.97. The molecule has 0 saturated heterocycles. The van der Waals surface area contributed by atoms with Crippen LogP contribution in [0.4, 0.5) is 13.2 Å². The Balaban J connectivity index is 2.07. The largest absolute Gasteiger partial charge is 0.441 e. The highest BCUT2D eigenvalue weighted by Crippen LogP contribution is 2.30. The third-order valence-electron chi connectivity index (χ3n) is 2.21. The molecule has 0 spiro atoms. The van der Waals surface area contributed by atoms with Crippen molar-refractivity contribution in [2.45, 2.75) is 25.4 Å². The Morgan fingerprint density at radius 1 is 1.18 bits per heavy atom. The van der Waals surface area contributed by atoms with Crippen LogP contribution in [0.25, 0.3) is 0 Å². The number of nitrogens with one attached hydrogen (secondary N) is 1. The van der Waals surface area contributed by atoms with Gasteiger partial charge in [-0.15, -0.1) is 0 Å². The number of aryl methyl sites for hydroxylation is 1. The fourth-order valence-electron chi connectivity index (χ4n) is 1.32. The van der Waals surface area contributed by atoms with Crippen LogP contribution in [0.15, 0.2) is 24.3 Å². The van der Waals surface area contributed by atoms with Crippen LogP contribution in [0.1, 0.15) is 17.5 Å². The van der Waals surface area contributed by atoms with Crippen molar-refractivity contribution in [3.8, 4) is 0 Å². The van der Waals surface area contributed by atoms with Crippen LogP contribution in [0.2, 0.25) is 0 Å². The van der Waals surface area contributed by atoms with E-state index in [1.165, 1.54) is 5.56 Å². The molecule has 0 aliphatic rings. The zero-order valence-corrected chi connectivity index (χ0v) is 10.5. The molecule has 1 N–H and O–H groups in total. The van der Waals surface area contributed by atoms with Gasteiger partial charge in [0, 0.05) is 12.3 Å². The predicted molar refractivity (Wildman–Crippen MR) is 66.0 cm³/mol. The lowest BCUT2D eigenvalue weighted by molar-refractivity contribution is -0.0327. The summed E-state index contributed by atoms with van der Waals surface area (Å²) in [7, 11) is 0. The molecule has 1 rings (SSSR count). The summed E-state index contributed by atoms with van der Waals surface area (Å²) >= 11 is 0.0418. The highest BCUT2D eigenvalue weighted by molar-refractivity contribution is 8.00. The monoisotopic (exact) mass is 263 g/mol. The topological polar surface area (TPSA) is 12.0 Å². The lowest BCUT2D eigenvalue weighted by Crippen LogP contribution is -2.16. The van der Waals surface area contributed by atoms with Crippen molar-refractivity contribution in [1.82, 2.24) is 5.32 Å². The molecule has 0 aromatic heterocycles. The second kappa shape index (κ2) is 6.91. The Bertz CT molecular complexity index is 322. The zero-order valence-electron chi connectivity index (χ0n) is 9.68. The van der Waals surface area contributed by atoms with Crippen molar-refractivity contribution in [3.05, 3.63) is 35.4 Å². The Kier molecular flexibility index (Phi) is 5.85. The summed E-state index contributed by atoms with van der Waals surface area (Å²) in [5.74, 6) is 0.115. The summed E-state index contributed by atoms with van der Waals surface area (Å²) in [6.07, 6.45) is 0.524. The van der Waals surface area contributed by atoms with Crippen LogP contribution in [-0.2, 0) is 6.54 Å².